The zero-order chi connectivity index (χ0) is 22.0. The highest BCUT2D eigenvalue weighted by Gasteiger charge is 2.15. The van der Waals surface area contributed by atoms with E-state index in [1.54, 1.807) is 0 Å². The molecule has 0 amide bonds. The molecule has 0 saturated carbocycles. The van der Waals surface area contributed by atoms with Crippen molar-refractivity contribution in [1.82, 2.24) is 4.98 Å². The first-order chi connectivity index (χ1) is 14.2. The predicted octanol–water partition coefficient (Wildman–Crippen LogP) is 7.28. The fraction of sp³-hybridized carbons (Fsp3) is 0.370. The molecule has 30 heavy (non-hydrogen) atoms. The second kappa shape index (κ2) is 8.91. The summed E-state index contributed by atoms with van der Waals surface area (Å²) in [6, 6.07) is 15.5. The van der Waals surface area contributed by atoms with Crippen molar-refractivity contribution in [2.45, 2.75) is 67.5 Å². The predicted molar refractivity (Wildman–Crippen MR) is 130 cm³/mol. The summed E-state index contributed by atoms with van der Waals surface area (Å²) >= 11 is 0. The molecule has 0 radical (unpaired) electrons. The van der Waals surface area contributed by atoms with Gasteiger partial charge in [0.05, 0.1) is 23.5 Å². The zero-order valence-electron chi connectivity index (χ0n) is 19.6. The fourth-order valence-electron chi connectivity index (χ4n) is 4.35. The van der Waals surface area contributed by atoms with E-state index in [9.17, 15) is 0 Å². The lowest BCUT2D eigenvalue weighted by atomic mass is 10.0. The van der Waals surface area contributed by atoms with Crippen LogP contribution in [0.4, 0.5) is 11.4 Å². The van der Waals surface area contributed by atoms with E-state index < -0.39 is 0 Å². The Labute approximate surface area is 182 Å². The van der Waals surface area contributed by atoms with Crippen molar-refractivity contribution in [1.29, 1.82) is 0 Å². The number of nitrogens with zero attached hydrogens (tertiary/aromatic N) is 1. The number of aryl methyl sites for hydroxylation is 6. The van der Waals surface area contributed by atoms with Crippen LogP contribution in [0.1, 0.15) is 70.7 Å². The number of hydrogen-bond donors (Lipinski definition) is 2. The number of benzene rings is 2. The highest BCUT2D eigenvalue weighted by molar-refractivity contribution is 5.60. The summed E-state index contributed by atoms with van der Waals surface area (Å²) in [5.41, 5.74) is 12.2. The van der Waals surface area contributed by atoms with Crippen LogP contribution in [0.2, 0.25) is 0 Å². The lowest BCUT2D eigenvalue weighted by Gasteiger charge is -2.22. The van der Waals surface area contributed by atoms with Gasteiger partial charge < -0.3 is 10.6 Å². The van der Waals surface area contributed by atoms with Crippen LogP contribution in [0.25, 0.3) is 0 Å². The third kappa shape index (κ3) is 4.84. The first-order valence-corrected chi connectivity index (χ1v) is 10.8. The minimum absolute atomic E-state index is 0.125. The standard InChI is InChI=1S/C27H35N3/c1-16-12-18(3)26(19(4)13-16)28-22(7)24-10-9-11-25(30-24)23(8)29-27-20(5)14-17(2)15-21(27)6/h9-15,22-23,28-29H,1-8H3. The van der Waals surface area contributed by atoms with Gasteiger partial charge in [-0.1, -0.05) is 41.5 Å². The van der Waals surface area contributed by atoms with Crippen LogP contribution in [-0.4, -0.2) is 4.98 Å². The Balaban J connectivity index is 1.80. The van der Waals surface area contributed by atoms with Gasteiger partial charge in [0, 0.05) is 11.4 Å². The molecule has 0 spiro atoms. The van der Waals surface area contributed by atoms with Gasteiger partial charge in [-0.25, -0.2) is 0 Å². The van der Waals surface area contributed by atoms with E-state index in [2.05, 4.69) is 108 Å². The number of nitrogens with one attached hydrogen (secondary N) is 2. The molecule has 2 unspecified atom stereocenters. The SMILES string of the molecule is Cc1cc(C)c(NC(C)c2cccc(C(C)Nc3c(C)cc(C)cc3C)n2)c(C)c1. The number of rotatable bonds is 6. The number of aromatic nitrogens is 1. The molecule has 0 aliphatic rings. The summed E-state index contributed by atoms with van der Waals surface area (Å²) in [4.78, 5) is 4.99. The summed E-state index contributed by atoms with van der Waals surface area (Å²) in [6.07, 6.45) is 0. The van der Waals surface area contributed by atoms with Gasteiger partial charge in [-0.05, 0) is 89.8 Å². The molecule has 1 aromatic heterocycles. The second-order valence-corrected chi connectivity index (χ2v) is 8.77. The maximum Gasteiger partial charge on any atom is 0.0657 e. The van der Waals surface area contributed by atoms with E-state index in [0.717, 1.165) is 11.4 Å². The van der Waals surface area contributed by atoms with Gasteiger partial charge in [0.1, 0.15) is 0 Å². The molecule has 0 aliphatic carbocycles. The van der Waals surface area contributed by atoms with Gasteiger partial charge >= 0.3 is 0 Å². The lowest BCUT2D eigenvalue weighted by molar-refractivity contribution is 0.778. The summed E-state index contributed by atoms with van der Waals surface area (Å²) in [7, 11) is 0. The van der Waals surface area contributed by atoms with Crippen molar-refractivity contribution in [3.63, 3.8) is 0 Å². The monoisotopic (exact) mass is 401 g/mol. The van der Waals surface area contributed by atoms with Gasteiger partial charge in [0.15, 0.2) is 0 Å². The summed E-state index contributed by atoms with van der Waals surface area (Å²) < 4.78 is 0. The van der Waals surface area contributed by atoms with Crippen LogP contribution < -0.4 is 10.6 Å². The molecule has 3 heteroatoms. The fourth-order valence-corrected chi connectivity index (χ4v) is 4.35. The molecule has 3 rings (SSSR count). The van der Waals surface area contributed by atoms with Crippen LogP contribution in [0.5, 0.6) is 0 Å². The maximum atomic E-state index is 4.99. The molecule has 2 atom stereocenters. The average Bonchev–Trinajstić information content (AvgIpc) is 2.67. The molecule has 1 heterocycles. The molecule has 0 saturated heterocycles. The maximum absolute atomic E-state index is 4.99. The molecular weight excluding hydrogens is 366 g/mol. The van der Waals surface area contributed by atoms with Gasteiger partial charge in [-0.15, -0.1) is 0 Å². The molecular formula is C27H35N3. The van der Waals surface area contributed by atoms with Crippen molar-refractivity contribution in [2.75, 3.05) is 10.6 Å². The lowest BCUT2D eigenvalue weighted by Crippen LogP contribution is -2.15. The van der Waals surface area contributed by atoms with Gasteiger partial charge in [0.2, 0.25) is 0 Å². The van der Waals surface area contributed by atoms with E-state index in [4.69, 9.17) is 4.98 Å². The Morgan fingerprint density at radius 2 is 0.933 bits per heavy atom. The van der Waals surface area contributed by atoms with E-state index in [0.29, 0.717) is 0 Å². The third-order valence-electron chi connectivity index (χ3n) is 5.76. The molecule has 0 aliphatic heterocycles. The van der Waals surface area contributed by atoms with E-state index in [1.807, 2.05) is 0 Å². The van der Waals surface area contributed by atoms with Gasteiger partial charge in [-0.2, -0.15) is 0 Å². The van der Waals surface area contributed by atoms with Crippen LogP contribution in [0.3, 0.4) is 0 Å². The van der Waals surface area contributed by atoms with E-state index in [1.165, 1.54) is 44.8 Å². The quantitative estimate of drug-likeness (QED) is 0.456. The molecule has 3 aromatic rings. The van der Waals surface area contributed by atoms with E-state index in [-0.39, 0.29) is 12.1 Å². The molecule has 2 N–H and O–H groups in total. The Kier molecular flexibility index (Phi) is 6.50. The van der Waals surface area contributed by atoms with Crippen LogP contribution in [-0.2, 0) is 0 Å². The number of hydrogen-bond acceptors (Lipinski definition) is 3. The van der Waals surface area contributed by atoms with Gasteiger partial charge in [0.25, 0.3) is 0 Å². The van der Waals surface area contributed by atoms with Crippen LogP contribution in [0, 0.1) is 41.5 Å². The molecule has 0 fully saturated rings. The summed E-state index contributed by atoms with van der Waals surface area (Å²) in [6.45, 7) is 17.3. The molecule has 2 aromatic carbocycles. The zero-order valence-corrected chi connectivity index (χ0v) is 19.6. The summed E-state index contributed by atoms with van der Waals surface area (Å²) in [5.74, 6) is 0. The smallest absolute Gasteiger partial charge is 0.0657 e. The Hall–Kier alpha value is -2.81. The van der Waals surface area contributed by atoms with Crippen molar-refractivity contribution < 1.29 is 0 Å². The van der Waals surface area contributed by atoms with Crippen LogP contribution in [0.15, 0.2) is 42.5 Å². The first kappa shape index (κ1) is 21.9. The minimum atomic E-state index is 0.125. The van der Waals surface area contributed by atoms with Crippen molar-refractivity contribution in [3.05, 3.63) is 87.2 Å². The molecule has 158 valence electrons. The normalized spacial score (nSPS) is 13.1. The topological polar surface area (TPSA) is 37.0 Å². The number of pyridine rings is 1. The number of anilines is 2. The molecule has 0 bridgehead atoms. The minimum Gasteiger partial charge on any atom is -0.377 e. The van der Waals surface area contributed by atoms with Crippen molar-refractivity contribution >= 4 is 11.4 Å². The average molecular weight is 402 g/mol. The highest BCUT2D eigenvalue weighted by atomic mass is 15.0. The van der Waals surface area contributed by atoms with Crippen molar-refractivity contribution in [2.24, 2.45) is 0 Å². The summed E-state index contributed by atoms with van der Waals surface area (Å²) in [5, 5.41) is 7.36. The largest absolute Gasteiger partial charge is 0.377 e. The molecule has 3 nitrogen and oxygen atoms in total. The second-order valence-electron chi connectivity index (χ2n) is 8.77. The Morgan fingerprint density at radius 1 is 0.600 bits per heavy atom. The van der Waals surface area contributed by atoms with Gasteiger partial charge in [-0.3, -0.25) is 4.98 Å². The van der Waals surface area contributed by atoms with Crippen LogP contribution >= 0.6 is 0 Å². The highest BCUT2D eigenvalue weighted by Crippen LogP contribution is 2.29. The van der Waals surface area contributed by atoms with Crippen molar-refractivity contribution in [3.8, 4) is 0 Å². The van der Waals surface area contributed by atoms with E-state index >= 15 is 0 Å². The Bertz CT molecular complexity index is 925. The first-order valence-electron chi connectivity index (χ1n) is 10.8. The third-order valence-corrected chi connectivity index (χ3v) is 5.76. The Morgan fingerprint density at radius 3 is 1.27 bits per heavy atom.